The SMILES string of the molecule is CN(C)Cc1ccc(-c2cc3c(Nc4ccc5[nH]ccc5c4)ccnc3s2)o1. The van der Waals surface area contributed by atoms with E-state index in [1.165, 1.54) is 5.39 Å². The van der Waals surface area contributed by atoms with Gasteiger partial charge >= 0.3 is 0 Å². The molecule has 2 N–H and O–H groups in total. The summed E-state index contributed by atoms with van der Waals surface area (Å²) in [6.07, 6.45) is 3.80. The summed E-state index contributed by atoms with van der Waals surface area (Å²) in [6.45, 7) is 0.789. The van der Waals surface area contributed by atoms with E-state index in [1.807, 2.05) is 44.7 Å². The first-order valence-electron chi connectivity index (χ1n) is 9.12. The molecule has 4 heterocycles. The van der Waals surface area contributed by atoms with Gasteiger partial charge < -0.3 is 19.6 Å². The smallest absolute Gasteiger partial charge is 0.144 e. The number of H-pyrrole nitrogens is 1. The number of thiophene rings is 1. The van der Waals surface area contributed by atoms with Gasteiger partial charge in [-0.3, -0.25) is 0 Å². The maximum atomic E-state index is 6.02. The van der Waals surface area contributed by atoms with Crippen molar-refractivity contribution < 1.29 is 4.42 Å². The first-order valence-corrected chi connectivity index (χ1v) is 9.94. The van der Waals surface area contributed by atoms with Crippen molar-refractivity contribution in [2.24, 2.45) is 0 Å². The van der Waals surface area contributed by atoms with E-state index in [9.17, 15) is 0 Å². The van der Waals surface area contributed by atoms with Gasteiger partial charge in [-0.15, -0.1) is 11.3 Å². The van der Waals surface area contributed by atoms with E-state index in [-0.39, 0.29) is 0 Å². The van der Waals surface area contributed by atoms with Gasteiger partial charge in [-0.1, -0.05) is 0 Å². The lowest BCUT2D eigenvalue weighted by Crippen LogP contribution is -2.09. The van der Waals surface area contributed by atoms with E-state index in [0.29, 0.717) is 0 Å². The van der Waals surface area contributed by atoms with Gasteiger partial charge in [0.15, 0.2) is 0 Å². The second kappa shape index (κ2) is 6.82. The number of rotatable bonds is 5. The third-order valence-corrected chi connectivity index (χ3v) is 5.70. The molecule has 5 aromatic rings. The maximum absolute atomic E-state index is 6.02. The summed E-state index contributed by atoms with van der Waals surface area (Å²) in [7, 11) is 4.07. The quantitative estimate of drug-likeness (QED) is 0.397. The molecule has 0 unspecified atom stereocenters. The monoisotopic (exact) mass is 388 g/mol. The molecule has 0 fully saturated rings. The Bertz CT molecular complexity index is 1260. The molecule has 5 rings (SSSR count). The van der Waals surface area contributed by atoms with Crippen molar-refractivity contribution in [1.82, 2.24) is 14.9 Å². The van der Waals surface area contributed by atoms with Gasteiger partial charge in [-0.05, 0) is 62.6 Å². The molecule has 0 aliphatic rings. The zero-order chi connectivity index (χ0) is 19.1. The van der Waals surface area contributed by atoms with Crippen LogP contribution >= 0.6 is 11.3 Å². The van der Waals surface area contributed by atoms with Crippen molar-refractivity contribution in [2.45, 2.75) is 6.54 Å². The fraction of sp³-hybridized carbons (Fsp3) is 0.136. The average Bonchev–Trinajstić information content (AvgIpc) is 3.39. The molecule has 0 radical (unpaired) electrons. The van der Waals surface area contributed by atoms with Gasteiger partial charge in [0.2, 0.25) is 0 Å². The summed E-state index contributed by atoms with van der Waals surface area (Å²) in [5, 5.41) is 5.83. The second-order valence-electron chi connectivity index (χ2n) is 7.10. The van der Waals surface area contributed by atoms with Gasteiger partial charge in [-0.2, -0.15) is 0 Å². The average molecular weight is 388 g/mol. The van der Waals surface area contributed by atoms with Crippen LogP contribution in [0.25, 0.3) is 31.8 Å². The van der Waals surface area contributed by atoms with Crippen molar-refractivity contribution in [3.8, 4) is 10.6 Å². The summed E-state index contributed by atoms with van der Waals surface area (Å²) in [5.74, 6) is 1.85. The molecule has 28 heavy (non-hydrogen) atoms. The number of aromatic amines is 1. The highest BCUT2D eigenvalue weighted by atomic mass is 32.1. The number of aromatic nitrogens is 2. The highest BCUT2D eigenvalue weighted by molar-refractivity contribution is 7.21. The second-order valence-corrected chi connectivity index (χ2v) is 8.13. The van der Waals surface area contributed by atoms with E-state index >= 15 is 0 Å². The summed E-state index contributed by atoms with van der Waals surface area (Å²) in [6, 6.07) is 16.6. The van der Waals surface area contributed by atoms with Gasteiger partial charge in [0.1, 0.15) is 16.4 Å². The van der Waals surface area contributed by atoms with Crippen molar-refractivity contribution >= 4 is 43.8 Å². The number of furan rings is 1. The Labute approximate surface area is 166 Å². The molecule has 1 aromatic carbocycles. The summed E-state index contributed by atoms with van der Waals surface area (Å²) in [5.41, 5.74) is 3.23. The van der Waals surface area contributed by atoms with Crippen LogP contribution in [0.1, 0.15) is 5.76 Å². The van der Waals surface area contributed by atoms with Crippen LogP contribution in [0.15, 0.2) is 65.3 Å². The van der Waals surface area contributed by atoms with Crippen molar-refractivity contribution in [1.29, 1.82) is 0 Å². The Morgan fingerprint density at radius 3 is 2.93 bits per heavy atom. The molecule has 6 heteroatoms. The zero-order valence-electron chi connectivity index (χ0n) is 15.7. The Hall–Kier alpha value is -3.09. The molecule has 140 valence electrons. The third kappa shape index (κ3) is 3.17. The number of nitrogens with one attached hydrogen (secondary N) is 2. The van der Waals surface area contributed by atoms with Crippen molar-refractivity contribution in [2.75, 3.05) is 19.4 Å². The fourth-order valence-corrected chi connectivity index (χ4v) is 4.35. The topological polar surface area (TPSA) is 57.1 Å². The number of benzene rings is 1. The van der Waals surface area contributed by atoms with Crippen LogP contribution in [0, 0.1) is 0 Å². The molecule has 0 saturated heterocycles. The summed E-state index contributed by atoms with van der Waals surface area (Å²) < 4.78 is 6.02. The maximum Gasteiger partial charge on any atom is 0.144 e. The molecule has 0 amide bonds. The fourth-order valence-electron chi connectivity index (χ4n) is 3.36. The minimum Gasteiger partial charge on any atom is -0.459 e. The number of hydrogen-bond acceptors (Lipinski definition) is 5. The first kappa shape index (κ1) is 17.0. The Balaban J connectivity index is 1.49. The number of hydrogen-bond donors (Lipinski definition) is 2. The Kier molecular flexibility index (Phi) is 4.15. The van der Waals surface area contributed by atoms with E-state index in [1.54, 1.807) is 11.3 Å². The van der Waals surface area contributed by atoms with E-state index < -0.39 is 0 Å². The largest absolute Gasteiger partial charge is 0.459 e. The van der Waals surface area contributed by atoms with Gasteiger partial charge in [0, 0.05) is 34.4 Å². The van der Waals surface area contributed by atoms with Crippen LogP contribution < -0.4 is 5.32 Å². The number of nitrogens with zero attached hydrogens (tertiary/aromatic N) is 2. The molecule has 5 nitrogen and oxygen atoms in total. The standard InChI is InChI=1S/C22H20N4OS/c1-26(2)13-16-4-6-20(27-16)21-12-17-19(8-10-24-22(17)28-21)25-15-3-5-18-14(11-15)7-9-23-18/h3-12,23H,13H2,1-2H3,(H,24,25). The van der Waals surface area contributed by atoms with Crippen LogP contribution in [0.3, 0.4) is 0 Å². The van der Waals surface area contributed by atoms with E-state index in [2.05, 4.69) is 50.5 Å². The van der Waals surface area contributed by atoms with Gasteiger partial charge in [0.05, 0.1) is 17.1 Å². The molecule has 0 bridgehead atoms. The predicted molar refractivity (Wildman–Crippen MR) is 116 cm³/mol. The lowest BCUT2D eigenvalue weighted by molar-refractivity contribution is 0.353. The number of pyridine rings is 1. The predicted octanol–water partition coefficient (Wildman–Crippen LogP) is 5.84. The van der Waals surface area contributed by atoms with Crippen LogP contribution in [-0.2, 0) is 6.54 Å². The van der Waals surface area contributed by atoms with Crippen LogP contribution in [0.2, 0.25) is 0 Å². The normalized spacial score (nSPS) is 11.7. The highest BCUT2D eigenvalue weighted by Gasteiger charge is 2.13. The van der Waals surface area contributed by atoms with Crippen molar-refractivity contribution in [3.63, 3.8) is 0 Å². The molecular formula is C22H20N4OS. The summed E-state index contributed by atoms with van der Waals surface area (Å²) in [4.78, 5) is 12.0. The molecular weight excluding hydrogens is 368 g/mol. The van der Waals surface area contributed by atoms with Gasteiger partial charge in [-0.25, -0.2) is 4.98 Å². The minimum absolute atomic E-state index is 0.789. The third-order valence-electron chi connectivity index (χ3n) is 4.64. The molecule has 0 aliphatic carbocycles. The van der Waals surface area contributed by atoms with Crippen LogP contribution in [-0.4, -0.2) is 29.0 Å². The van der Waals surface area contributed by atoms with E-state index in [4.69, 9.17) is 4.42 Å². The first-order chi connectivity index (χ1) is 13.7. The molecule has 0 atom stereocenters. The molecule has 0 aliphatic heterocycles. The van der Waals surface area contributed by atoms with Crippen molar-refractivity contribution in [3.05, 3.63) is 66.7 Å². The summed E-state index contributed by atoms with van der Waals surface area (Å²) >= 11 is 1.65. The highest BCUT2D eigenvalue weighted by Crippen LogP contribution is 2.37. The van der Waals surface area contributed by atoms with Crippen LogP contribution in [0.4, 0.5) is 11.4 Å². The Morgan fingerprint density at radius 1 is 1.11 bits per heavy atom. The Morgan fingerprint density at radius 2 is 2.04 bits per heavy atom. The minimum atomic E-state index is 0.789. The number of anilines is 2. The van der Waals surface area contributed by atoms with E-state index in [0.717, 1.165) is 50.1 Å². The lowest BCUT2D eigenvalue weighted by Gasteiger charge is -2.07. The molecule has 0 spiro atoms. The van der Waals surface area contributed by atoms with Gasteiger partial charge in [0.25, 0.3) is 0 Å². The molecule has 4 aromatic heterocycles. The molecule has 0 saturated carbocycles. The lowest BCUT2D eigenvalue weighted by atomic mass is 10.2. The van der Waals surface area contributed by atoms with Crippen LogP contribution in [0.5, 0.6) is 0 Å². The zero-order valence-corrected chi connectivity index (χ0v) is 16.5. The number of fused-ring (bicyclic) bond motifs is 2.